The minimum absolute atomic E-state index is 0.0130. The Hall–Kier alpha value is -1.43. The van der Waals surface area contributed by atoms with E-state index in [0.29, 0.717) is 18.9 Å². The number of hydrogen-bond acceptors (Lipinski definition) is 4. The number of carbonyl (C=O) groups is 1. The van der Waals surface area contributed by atoms with Crippen LogP contribution in [-0.2, 0) is 11.8 Å². The molecular weight excluding hydrogens is 230 g/mol. The number of nitrogens with two attached hydrogens (primary N) is 1. The van der Waals surface area contributed by atoms with Crippen LogP contribution in [0.15, 0.2) is 6.33 Å². The standard InChI is InChI=1S/C12H21N5O/c1-17-11(14-9-15-17)16-10(18)7-12(8-13)5-3-2-4-6-12/h9H,2-8,13H2,1H3,(H,14,15,16,18). The van der Waals surface area contributed by atoms with Gasteiger partial charge in [-0.15, -0.1) is 0 Å². The van der Waals surface area contributed by atoms with Crippen molar-refractivity contribution in [2.75, 3.05) is 11.9 Å². The highest BCUT2D eigenvalue weighted by Crippen LogP contribution is 2.38. The van der Waals surface area contributed by atoms with Crippen molar-refractivity contribution < 1.29 is 4.79 Å². The van der Waals surface area contributed by atoms with Crippen LogP contribution >= 0.6 is 0 Å². The van der Waals surface area contributed by atoms with Crippen molar-refractivity contribution in [2.24, 2.45) is 18.2 Å². The molecule has 0 radical (unpaired) electrons. The summed E-state index contributed by atoms with van der Waals surface area (Å²) in [5.74, 6) is 0.474. The largest absolute Gasteiger partial charge is 0.330 e. The summed E-state index contributed by atoms with van der Waals surface area (Å²) in [4.78, 5) is 16.0. The molecule has 1 saturated carbocycles. The first-order valence-corrected chi connectivity index (χ1v) is 6.49. The smallest absolute Gasteiger partial charge is 0.227 e. The van der Waals surface area contributed by atoms with Gasteiger partial charge in [0.2, 0.25) is 11.9 Å². The summed E-state index contributed by atoms with van der Waals surface area (Å²) in [6, 6.07) is 0. The lowest BCUT2D eigenvalue weighted by Crippen LogP contribution is -2.36. The SMILES string of the molecule is Cn1ncnc1NC(=O)CC1(CN)CCCCC1. The Morgan fingerprint density at radius 2 is 2.22 bits per heavy atom. The first-order chi connectivity index (χ1) is 8.65. The summed E-state index contributed by atoms with van der Waals surface area (Å²) in [5, 5.41) is 6.71. The molecule has 3 N–H and O–H groups in total. The van der Waals surface area contributed by atoms with Crippen LogP contribution < -0.4 is 11.1 Å². The molecule has 6 heteroatoms. The van der Waals surface area contributed by atoms with Gasteiger partial charge in [-0.2, -0.15) is 10.1 Å². The van der Waals surface area contributed by atoms with Crippen molar-refractivity contribution >= 4 is 11.9 Å². The van der Waals surface area contributed by atoms with E-state index in [1.54, 1.807) is 11.7 Å². The highest BCUT2D eigenvalue weighted by atomic mass is 16.1. The van der Waals surface area contributed by atoms with E-state index >= 15 is 0 Å². The molecule has 0 bridgehead atoms. The van der Waals surface area contributed by atoms with Crippen LogP contribution in [0.5, 0.6) is 0 Å². The summed E-state index contributed by atoms with van der Waals surface area (Å²) in [6.45, 7) is 0.583. The zero-order chi connectivity index (χ0) is 13.0. The maximum Gasteiger partial charge on any atom is 0.227 e. The van der Waals surface area contributed by atoms with Crippen molar-refractivity contribution in [3.05, 3.63) is 6.33 Å². The maximum absolute atomic E-state index is 12.0. The number of aromatic nitrogens is 3. The predicted molar refractivity (Wildman–Crippen MR) is 68.8 cm³/mol. The Bertz CT molecular complexity index is 408. The van der Waals surface area contributed by atoms with Crippen LogP contribution in [-0.4, -0.2) is 27.2 Å². The van der Waals surface area contributed by atoms with Gasteiger partial charge in [-0.05, 0) is 24.8 Å². The van der Waals surface area contributed by atoms with E-state index in [1.807, 2.05) is 0 Å². The number of rotatable bonds is 4. The highest BCUT2D eigenvalue weighted by Gasteiger charge is 2.33. The Morgan fingerprint density at radius 3 is 2.78 bits per heavy atom. The molecule has 1 aliphatic carbocycles. The number of aryl methyl sites for hydroxylation is 1. The first-order valence-electron chi connectivity index (χ1n) is 6.49. The number of anilines is 1. The molecule has 1 heterocycles. The molecule has 18 heavy (non-hydrogen) atoms. The van der Waals surface area contributed by atoms with Gasteiger partial charge in [-0.1, -0.05) is 19.3 Å². The summed E-state index contributed by atoms with van der Waals surface area (Å²) in [6.07, 6.45) is 7.62. The second-order valence-electron chi connectivity index (χ2n) is 5.20. The Labute approximate surface area is 107 Å². The van der Waals surface area contributed by atoms with E-state index < -0.39 is 0 Å². The van der Waals surface area contributed by atoms with Gasteiger partial charge in [-0.3, -0.25) is 10.1 Å². The van der Waals surface area contributed by atoms with E-state index in [9.17, 15) is 4.79 Å². The van der Waals surface area contributed by atoms with E-state index in [4.69, 9.17) is 5.73 Å². The quantitative estimate of drug-likeness (QED) is 0.837. The molecule has 0 aliphatic heterocycles. The predicted octanol–water partition coefficient (Wildman–Crippen LogP) is 1.05. The third-order valence-electron chi connectivity index (χ3n) is 3.85. The monoisotopic (exact) mass is 251 g/mol. The van der Waals surface area contributed by atoms with Crippen molar-refractivity contribution in [3.8, 4) is 0 Å². The minimum Gasteiger partial charge on any atom is -0.330 e. The van der Waals surface area contributed by atoms with Crippen molar-refractivity contribution in [2.45, 2.75) is 38.5 Å². The second-order valence-corrected chi connectivity index (χ2v) is 5.20. The first kappa shape index (κ1) is 13.0. The topological polar surface area (TPSA) is 85.8 Å². The molecule has 100 valence electrons. The number of hydrogen-bond donors (Lipinski definition) is 2. The minimum atomic E-state index is -0.0153. The summed E-state index contributed by atoms with van der Waals surface area (Å²) < 4.78 is 1.55. The van der Waals surface area contributed by atoms with Gasteiger partial charge in [0.15, 0.2) is 0 Å². The van der Waals surface area contributed by atoms with Crippen LogP contribution in [0.2, 0.25) is 0 Å². The molecule has 0 aromatic carbocycles. The fraction of sp³-hybridized carbons (Fsp3) is 0.750. The number of nitrogens with zero attached hydrogens (tertiary/aromatic N) is 3. The van der Waals surface area contributed by atoms with Crippen molar-refractivity contribution in [3.63, 3.8) is 0 Å². The third kappa shape index (κ3) is 2.87. The molecule has 1 amide bonds. The van der Waals surface area contributed by atoms with Crippen LogP contribution in [0, 0.1) is 5.41 Å². The highest BCUT2D eigenvalue weighted by molar-refractivity contribution is 5.89. The Kier molecular flexibility index (Phi) is 3.96. The average molecular weight is 251 g/mol. The van der Waals surface area contributed by atoms with Crippen molar-refractivity contribution in [1.29, 1.82) is 0 Å². The molecule has 0 spiro atoms. The van der Waals surface area contributed by atoms with Crippen LogP contribution in [0.3, 0.4) is 0 Å². The molecule has 2 rings (SSSR count). The van der Waals surface area contributed by atoms with Gasteiger partial charge in [0, 0.05) is 13.5 Å². The summed E-state index contributed by atoms with van der Waals surface area (Å²) in [7, 11) is 1.75. The lowest BCUT2D eigenvalue weighted by Gasteiger charge is -2.35. The fourth-order valence-corrected chi connectivity index (χ4v) is 2.67. The Morgan fingerprint density at radius 1 is 1.50 bits per heavy atom. The molecule has 0 saturated heterocycles. The van der Waals surface area contributed by atoms with Gasteiger partial charge in [0.1, 0.15) is 6.33 Å². The number of carbonyl (C=O) groups excluding carboxylic acids is 1. The Balaban J connectivity index is 1.95. The van der Waals surface area contributed by atoms with Gasteiger partial charge in [0.25, 0.3) is 0 Å². The van der Waals surface area contributed by atoms with Crippen LogP contribution in [0.1, 0.15) is 38.5 Å². The van der Waals surface area contributed by atoms with Gasteiger partial charge < -0.3 is 5.73 Å². The molecule has 1 fully saturated rings. The zero-order valence-electron chi connectivity index (χ0n) is 10.9. The third-order valence-corrected chi connectivity index (χ3v) is 3.85. The summed E-state index contributed by atoms with van der Waals surface area (Å²) in [5.41, 5.74) is 5.86. The summed E-state index contributed by atoms with van der Waals surface area (Å²) >= 11 is 0. The fourth-order valence-electron chi connectivity index (χ4n) is 2.67. The van der Waals surface area contributed by atoms with Crippen LogP contribution in [0.4, 0.5) is 5.95 Å². The van der Waals surface area contributed by atoms with Crippen LogP contribution in [0.25, 0.3) is 0 Å². The van der Waals surface area contributed by atoms with E-state index in [0.717, 1.165) is 12.8 Å². The molecular formula is C12H21N5O. The molecule has 1 aliphatic rings. The van der Waals surface area contributed by atoms with E-state index in [1.165, 1.54) is 25.6 Å². The molecule has 0 atom stereocenters. The van der Waals surface area contributed by atoms with Gasteiger partial charge in [0.05, 0.1) is 0 Å². The van der Waals surface area contributed by atoms with E-state index in [2.05, 4.69) is 15.4 Å². The number of nitrogens with one attached hydrogen (secondary N) is 1. The maximum atomic E-state index is 12.0. The number of amides is 1. The van der Waals surface area contributed by atoms with Gasteiger partial charge in [-0.25, -0.2) is 4.68 Å². The normalized spacial score (nSPS) is 18.6. The zero-order valence-corrected chi connectivity index (χ0v) is 10.9. The van der Waals surface area contributed by atoms with Crippen molar-refractivity contribution in [1.82, 2.24) is 14.8 Å². The van der Waals surface area contributed by atoms with Gasteiger partial charge >= 0.3 is 0 Å². The lowest BCUT2D eigenvalue weighted by molar-refractivity contribution is -0.118. The van der Waals surface area contributed by atoms with E-state index in [-0.39, 0.29) is 11.3 Å². The lowest BCUT2D eigenvalue weighted by atomic mass is 9.72. The molecule has 6 nitrogen and oxygen atoms in total. The molecule has 1 aromatic rings. The average Bonchev–Trinajstić information content (AvgIpc) is 2.76. The molecule has 1 aromatic heterocycles. The molecule has 0 unspecified atom stereocenters. The second kappa shape index (κ2) is 5.48.